The van der Waals surface area contributed by atoms with E-state index in [1.807, 2.05) is 0 Å². The van der Waals surface area contributed by atoms with Crippen LogP contribution in [0.5, 0.6) is 0 Å². The Bertz CT molecular complexity index is 829. The molecule has 27 heavy (non-hydrogen) atoms. The number of fused-ring (bicyclic) bond motifs is 1. The number of nitrogens with zero attached hydrogens (tertiary/aromatic N) is 2. The Kier molecular flexibility index (Phi) is 5.66. The molecule has 2 aromatic rings. The summed E-state index contributed by atoms with van der Waals surface area (Å²) in [6, 6.07) is 8.94. The third-order valence-electron chi connectivity index (χ3n) is 5.66. The Morgan fingerprint density at radius 3 is 2.93 bits per heavy atom. The minimum atomic E-state index is -0.0259. The van der Waals surface area contributed by atoms with Crippen LogP contribution in [0.2, 0.25) is 0 Å². The fraction of sp³-hybridized carbons (Fsp3) is 0.524. The fourth-order valence-electron chi connectivity index (χ4n) is 4.14. The zero-order chi connectivity index (χ0) is 18.6. The van der Waals surface area contributed by atoms with E-state index in [1.165, 1.54) is 24.8 Å². The van der Waals surface area contributed by atoms with Gasteiger partial charge in [0.1, 0.15) is 5.82 Å². The first-order valence-electron chi connectivity index (χ1n) is 9.89. The molecule has 0 saturated carbocycles. The zero-order valence-electron chi connectivity index (χ0n) is 16.0. The van der Waals surface area contributed by atoms with Crippen molar-refractivity contribution in [1.82, 2.24) is 20.2 Å². The van der Waals surface area contributed by atoms with Crippen molar-refractivity contribution in [3.8, 4) is 11.4 Å². The van der Waals surface area contributed by atoms with Crippen molar-refractivity contribution in [3.63, 3.8) is 0 Å². The van der Waals surface area contributed by atoms with Crippen LogP contribution in [-0.4, -0.2) is 47.7 Å². The summed E-state index contributed by atoms with van der Waals surface area (Å²) in [5, 5.41) is 3.23. The molecule has 1 unspecified atom stereocenters. The average Bonchev–Trinajstić information content (AvgIpc) is 2.70. The number of methoxy groups -OCH3 is 1. The molecule has 0 aliphatic carbocycles. The van der Waals surface area contributed by atoms with E-state index in [4.69, 9.17) is 9.72 Å². The van der Waals surface area contributed by atoms with Gasteiger partial charge >= 0.3 is 0 Å². The van der Waals surface area contributed by atoms with Gasteiger partial charge in [-0.2, -0.15) is 0 Å². The lowest BCUT2D eigenvalue weighted by molar-refractivity contribution is 0.0600. The van der Waals surface area contributed by atoms with Gasteiger partial charge in [-0.15, -0.1) is 0 Å². The number of benzene rings is 1. The first-order chi connectivity index (χ1) is 13.2. The van der Waals surface area contributed by atoms with Crippen molar-refractivity contribution in [2.45, 2.75) is 44.8 Å². The predicted molar refractivity (Wildman–Crippen MR) is 106 cm³/mol. The summed E-state index contributed by atoms with van der Waals surface area (Å²) in [5.41, 5.74) is 3.92. The van der Waals surface area contributed by atoms with Gasteiger partial charge in [-0.25, -0.2) is 4.98 Å². The molecule has 0 bridgehead atoms. The third kappa shape index (κ3) is 4.13. The highest BCUT2D eigenvalue weighted by molar-refractivity contribution is 5.55. The molecule has 1 atom stereocenters. The second kappa shape index (κ2) is 8.33. The lowest BCUT2D eigenvalue weighted by Gasteiger charge is -2.35. The van der Waals surface area contributed by atoms with Crippen LogP contribution in [0.15, 0.2) is 29.1 Å². The molecule has 1 aromatic heterocycles. The lowest BCUT2D eigenvalue weighted by Crippen LogP contribution is -2.41. The molecular formula is C21H28N4O2. The van der Waals surface area contributed by atoms with E-state index in [9.17, 15) is 4.79 Å². The zero-order valence-corrected chi connectivity index (χ0v) is 16.0. The summed E-state index contributed by atoms with van der Waals surface area (Å²) in [6.45, 7) is 4.35. The molecule has 3 heterocycles. The highest BCUT2D eigenvalue weighted by Gasteiger charge is 2.22. The average molecular weight is 368 g/mol. The maximum absolute atomic E-state index is 12.3. The minimum absolute atomic E-state index is 0.0259. The van der Waals surface area contributed by atoms with E-state index in [0.29, 0.717) is 18.4 Å². The molecule has 6 nitrogen and oxygen atoms in total. The van der Waals surface area contributed by atoms with E-state index < -0.39 is 0 Å². The van der Waals surface area contributed by atoms with Crippen LogP contribution < -0.4 is 10.9 Å². The van der Waals surface area contributed by atoms with Crippen molar-refractivity contribution in [1.29, 1.82) is 0 Å². The van der Waals surface area contributed by atoms with Crippen LogP contribution in [0.25, 0.3) is 11.4 Å². The molecule has 0 amide bonds. The second-order valence-corrected chi connectivity index (χ2v) is 7.54. The largest absolute Gasteiger partial charge is 0.383 e. The topological polar surface area (TPSA) is 70.2 Å². The first-order valence-corrected chi connectivity index (χ1v) is 9.89. The number of ether oxygens (including phenoxy) is 1. The van der Waals surface area contributed by atoms with Crippen molar-refractivity contribution in [2.75, 3.05) is 26.8 Å². The summed E-state index contributed by atoms with van der Waals surface area (Å²) in [7, 11) is 1.78. The standard InChI is InChI=1S/C21H28N4O2/c1-27-14-17-4-2-3-11-25(17)13-15-5-7-16(8-6-15)20-23-19-9-10-22-12-18(19)21(26)24-20/h5-8,17,22H,2-4,9-14H2,1H3,(H,23,24,26). The maximum atomic E-state index is 12.3. The minimum Gasteiger partial charge on any atom is -0.383 e. The van der Waals surface area contributed by atoms with Gasteiger partial charge in [-0.3, -0.25) is 9.69 Å². The highest BCUT2D eigenvalue weighted by atomic mass is 16.5. The molecule has 0 radical (unpaired) electrons. The van der Waals surface area contributed by atoms with Crippen LogP contribution in [-0.2, 0) is 24.2 Å². The van der Waals surface area contributed by atoms with E-state index in [0.717, 1.165) is 49.5 Å². The van der Waals surface area contributed by atoms with Gasteiger partial charge in [-0.05, 0) is 24.9 Å². The highest BCUT2D eigenvalue weighted by Crippen LogP contribution is 2.22. The van der Waals surface area contributed by atoms with Crippen LogP contribution in [0.1, 0.15) is 36.1 Å². The van der Waals surface area contributed by atoms with Crippen molar-refractivity contribution in [2.24, 2.45) is 0 Å². The lowest BCUT2D eigenvalue weighted by atomic mass is 10.0. The Morgan fingerprint density at radius 2 is 2.11 bits per heavy atom. The third-order valence-corrected chi connectivity index (χ3v) is 5.66. The normalized spacial score (nSPS) is 20.4. The number of hydrogen-bond acceptors (Lipinski definition) is 5. The number of nitrogens with one attached hydrogen (secondary N) is 2. The molecule has 2 aliphatic rings. The number of likely N-dealkylation sites (tertiary alicyclic amines) is 1. The Hall–Kier alpha value is -2.02. The van der Waals surface area contributed by atoms with Gasteiger partial charge in [0.15, 0.2) is 0 Å². The first kappa shape index (κ1) is 18.3. The van der Waals surface area contributed by atoms with E-state index in [-0.39, 0.29) is 5.56 Å². The van der Waals surface area contributed by atoms with Crippen molar-refractivity contribution < 1.29 is 4.74 Å². The summed E-state index contributed by atoms with van der Waals surface area (Å²) < 4.78 is 5.39. The second-order valence-electron chi connectivity index (χ2n) is 7.54. The summed E-state index contributed by atoms with van der Waals surface area (Å²) in [6.07, 6.45) is 4.56. The molecule has 2 aliphatic heterocycles. The molecule has 1 aromatic carbocycles. The summed E-state index contributed by atoms with van der Waals surface area (Å²) >= 11 is 0. The molecular weight excluding hydrogens is 340 g/mol. The molecule has 1 saturated heterocycles. The van der Waals surface area contributed by atoms with Gasteiger partial charge in [0.25, 0.3) is 5.56 Å². The SMILES string of the molecule is COCC1CCCCN1Cc1ccc(-c2nc3c(c(=O)[nH]2)CNCC3)cc1. The van der Waals surface area contributed by atoms with Crippen LogP contribution in [0.3, 0.4) is 0 Å². The van der Waals surface area contributed by atoms with Crippen LogP contribution in [0, 0.1) is 0 Å². The number of hydrogen-bond donors (Lipinski definition) is 2. The van der Waals surface area contributed by atoms with E-state index in [2.05, 4.69) is 39.5 Å². The van der Waals surface area contributed by atoms with Gasteiger partial charge in [-0.1, -0.05) is 30.7 Å². The Balaban J connectivity index is 1.51. The summed E-state index contributed by atoms with van der Waals surface area (Å²) in [5.74, 6) is 0.669. The monoisotopic (exact) mass is 368 g/mol. The predicted octanol–water partition coefficient (Wildman–Crippen LogP) is 2.08. The molecule has 4 rings (SSSR count). The van der Waals surface area contributed by atoms with E-state index >= 15 is 0 Å². The van der Waals surface area contributed by atoms with Crippen LogP contribution >= 0.6 is 0 Å². The van der Waals surface area contributed by atoms with Gasteiger partial charge in [0.2, 0.25) is 0 Å². The molecule has 0 spiro atoms. The molecule has 2 N–H and O–H groups in total. The maximum Gasteiger partial charge on any atom is 0.255 e. The summed E-state index contributed by atoms with van der Waals surface area (Å²) in [4.78, 5) is 22.5. The fourth-order valence-corrected chi connectivity index (χ4v) is 4.14. The number of piperidine rings is 1. The van der Waals surface area contributed by atoms with Crippen molar-refractivity contribution >= 4 is 0 Å². The van der Waals surface area contributed by atoms with Crippen LogP contribution in [0.4, 0.5) is 0 Å². The number of aromatic amines is 1. The van der Waals surface area contributed by atoms with Gasteiger partial charge in [0.05, 0.1) is 17.9 Å². The van der Waals surface area contributed by atoms with Gasteiger partial charge in [0, 0.05) is 44.8 Å². The number of rotatable bonds is 5. The number of H-pyrrole nitrogens is 1. The molecule has 1 fully saturated rings. The van der Waals surface area contributed by atoms with Crippen molar-refractivity contribution in [3.05, 3.63) is 51.4 Å². The quantitative estimate of drug-likeness (QED) is 0.846. The Labute approximate surface area is 160 Å². The van der Waals surface area contributed by atoms with Gasteiger partial charge < -0.3 is 15.0 Å². The molecule has 144 valence electrons. The van der Waals surface area contributed by atoms with E-state index in [1.54, 1.807) is 7.11 Å². The number of aromatic nitrogens is 2. The smallest absolute Gasteiger partial charge is 0.255 e. The molecule has 6 heteroatoms. The Morgan fingerprint density at radius 1 is 1.26 bits per heavy atom.